The third-order valence-corrected chi connectivity index (χ3v) is 3.41. The molecule has 2 N–H and O–H groups in total. The predicted molar refractivity (Wildman–Crippen MR) is 94.8 cm³/mol. The van der Waals surface area contributed by atoms with E-state index in [4.69, 9.17) is 0 Å². The number of amides is 1. The van der Waals surface area contributed by atoms with Gasteiger partial charge in [0.05, 0.1) is 6.04 Å². The van der Waals surface area contributed by atoms with Crippen LogP contribution in [0.2, 0.25) is 0 Å². The minimum absolute atomic E-state index is 0.0220. The smallest absolute Gasteiger partial charge is 0.264 e. The third kappa shape index (κ3) is 4.59. The van der Waals surface area contributed by atoms with E-state index in [1.54, 1.807) is 6.08 Å². The second-order valence-electron chi connectivity index (χ2n) is 5.09. The van der Waals surface area contributed by atoms with E-state index in [1.165, 1.54) is 6.20 Å². The van der Waals surface area contributed by atoms with Crippen molar-refractivity contribution in [3.05, 3.63) is 96.2 Å². The Morgan fingerprint density at radius 1 is 1.08 bits per heavy atom. The Morgan fingerprint density at radius 3 is 2.08 bits per heavy atom. The molecule has 0 aliphatic heterocycles. The monoisotopic (exact) mass is 317 g/mol. The van der Waals surface area contributed by atoms with E-state index in [-0.39, 0.29) is 11.6 Å². The van der Waals surface area contributed by atoms with Gasteiger partial charge in [0.2, 0.25) is 0 Å². The SMILES string of the molecule is C=CCN/C=C(/C#N)C(=O)NC(c1ccccc1)c1ccccc1. The number of carbonyl (C=O) groups is 1. The molecule has 2 rings (SSSR count). The van der Waals surface area contributed by atoms with E-state index in [1.807, 2.05) is 66.7 Å². The normalized spacial score (nSPS) is 10.8. The van der Waals surface area contributed by atoms with Gasteiger partial charge in [-0.25, -0.2) is 0 Å². The van der Waals surface area contributed by atoms with Gasteiger partial charge >= 0.3 is 0 Å². The summed E-state index contributed by atoms with van der Waals surface area (Å²) in [5, 5.41) is 15.0. The van der Waals surface area contributed by atoms with Crippen LogP contribution in [-0.2, 0) is 4.79 Å². The Bertz CT molecular complexity index is 706. The molecule has 0 saturated carbocycles. The summed E-state index contributed by atoms with van der Waals surface area (Å²) < 4.78 is 0. The molecule has 0 radical (unpaired) electrons. The molecule has 0 heterocycles. The Balaban J connectivity index is 2.26. The summed E-state index contributed by atoms with van der Waals surface area (Å²) in [5.41, 5.74) is 1.93. The van der Waals surface area contributed by atoms with Crippen molar-refractivity contribution in [3.8, 4) is 6.07 Å². The third-order valence-electron chi connectivity index (χ3n) is 3.41. The van der Waals surface area contributed by atoms with E-state index >= 15 is 0 Å². The second kappa shape index (κ2) is 8.96. The van der Waals surface area contributed by atoms with Crippen molar-refractivity contribution in [2.45, 2.75) is 6.04 Å². The summed E-state index contributed by atoms with van der Waals surface area (Å²) in [7, 11) is 0. The molecule has 2 aromatic carbocycles. The summed E-state index contributed by atoms with van der Waals surface area (Å²) >= 11 is 0. The van der Waals surface area contributed by atoms with Crippen LogP contribution in [0.15, 0.2) is 85.1 Å². The Morgan fingerprint density at radius 2 is 1.62 bits per heavy atom. The van der Waals surface area contributed by atoms with Gasteiger partial charge < -0.3 is 10.6 Å². The number of hydrogen-bond donors (Lipinski definition) is 2. The van der Waals surface area contributed by atoms with Crippen molar-refractivity contribution in [2.75, 3.05) is 6.54 Å². The summed E-state index contributed by atoms with van der Waals surface area (Å²) in [4.78, 5) is 12.5. The largest absolute Gasteiger partial charge is 0.386 e. The first-order chi connectivity index (χ1) is 11.8. The molecule has 0 atom stereocenters. The second-order valence-corrected chi connectivity index (χ2v) is 5.09. The van der Waals surface area contributed by atoms with Crippen molar-refractivity contribution in [2.24, 2.45) is 0 Å². The maximum Gasteiger partial charge on any atom is 0.264 e. The van der Waals surface area contributed by atoms with Crippen molar-refractivity contribution >= 4 is 5.91 Å². The number of hydrogen-bond acceptors (Lipinski definition) is 3. The fourth-order valence-corrected chi connectivity index (χ4v) is 2.25. The van der Waals surface area contributed by atoms with Crippen LogP contribution in [-0.4, -0.2) is 12.5 Å². The standard InChI is InChI=1S/C20H19N3O/c1-2-13-22-15-18(14-21)20(24)23-19(16-9-5-3-6-10-16)17-11-7-4-8-12-17/h2-12,15,19,22H,1,13H2,(H,23,24)/b18-15-. The van der Waals surface area contributed by atoms with Gasteiger partial charge in [-0.3, -0.25) is 4.79 Å². The highest BCUT2D eigenvalue weighted by Gasteiger charge is 2.18. The number of rotatable bonds is 7. The maximum absolute atomic E-state index is 12.5. The lowest BCUT2D eigenvalue weighted by Gasteiger charge is -2.19. The molecule has 0 aromatic heterocycles. The van der Waals surface area contributed by atoms with Gasteiger partial charge in [0, 0.05) is 12.7 Å². The summed E-state index contributed by atoms with van der Waals surface area (Å²) in [6.45, 7) is 4.07. The molecule has 0 unspecified atom stereocenters. The molecule has 0 fully saturated rings. The zero-order chi connectivity index (χ0) is 17.2. The van der Waals surface area contributed by atoms with Crippen LogP contribution >= 0.6 is 0 Å². The molecule has 4 heteroatoms. The van der Waals surface area contributed by atoms with Crippen LogP contribution in [0.3, 0.4) is 0 Å². The number of nitriles is 1. The maximum atomic E-state index is 12.5. The van der Waals surface area contributed by atoms with Crippen LogP contribution in [0.4, 0.5) is 0 Å². The average Bonchev–Trinajstić information content (AvgIpc) is 2.64. The zero-order valence-corrected chi connectivity index (χ0v) is 13.3. The molecule has 24 heavy (non-hydrogen) atoms. The quantitative estimate of drug-likeness (QED) is 0.357. The number of benzene rings is 2. The lowest BCUT2D eigenvalue weighted by molar-refractivity contribution is -0.117. The van der Waals surface area contributed by atoms with Gasteiger partial charge in [0.15, 0.2) is 0 Å². The number of nitrogens with zero attached hydrogens (tertiary/aromatic N) is 1. The van der Waals surface area contributed by atoms with E-state index < -0.39 is 5.91 Å². The first-order valence-electron chi connectivity index (χ1n) is 7.61. The molecule has 4 nitrogen and oxygen atoms in total. The zero-order valence-electron chi connectivity index (χ0n) is 13.3. The average molecular weight is 317 g/mol. The Kier molecular flexibility index (Phi) is 6.36. The van der Waals surface area contributed by atoms with Crippen LogP contribution in [0, 0.1) is 11.3 Å². The van der Waals surface area contributed by atoms with Crippen molar-refractivity contribution < 1.29 is 4.79 Å². The summed E-state index contributed by atoms with van der Waals surface area (Å²) in [6, 6.07) is 20.9. The molecule has 1 amide bonds. The van der Waals surface area contributed by atoms with E-state index in [0.717, 1.165) is 11.1 Å². The van der Waals surface area contributed by atoms with Crippen molar-refractivity contribution in [3.63, 3.8) is 0 Å². The van der Waals surface area contributed by atoms with Crippen molar-refractivity contribution in [1.82, 2.24) is 10.6 Å². The van der Waals surface area contributed by atoms with E-state index in [9.17, 15) is 10.1 Å². The topological polar surface area (TPSA) is 64.9 Å². The lowest BCUT2D eigenvalue weighted by atomic mass is 9.98. The molecule has 0 saturated heterocycles. The van der Waals surface area contributed by atoms with Gasteiger partial charge in [-0.1, -0.05) is 66.7 Å². The molecule has 0 bridgehead atoms. The van der Waals surface area contributed by atoms with E-state index in [2.05, 4.69) is 17.2 Å². The predicted octanol–water partition coefficient (Wildman–Crippen LogP) is 3.08. The first kappa shape index (κ1) is 17.0. The molecular weight excluding hydrogens is 298 g/mol. The molecule has 0 aliphatic carbocycles. The molecule has 120 valence electrons. The summed E-state index contributed by atoms with van der Waals surface area (Å²) in [5.74, 6) is -0.424. The minimum Gasteiger partial charge on any atom is -0.386 e. The van der Waals surface area contributed by atoms with Gasteiger partial charge in [-0.15, -0.1) is 6.58 Å². The van der Waals surface area contributed by atoms with Gasteiger partial charge in [0.1, 0.15) is 11.6 Å². The molecule has 2 aromatic rings. The highest BCUT2D eigenvalue weighted by Crippen LogP contribution is 2.22. The van der Waals surface area contributed by atoms with Gasteiger partial charge in [0.25, 0.3) is 5.91 Å². The van der Waals surface area contributed by atoms with Gasteiger partial charge in [-0.05, 0) is 11.1 Å². The highest BCUT2D eigenvalue weighted by molar-refractivity contribution is 5.97. The Labute approximate surface area is 142 Å². The van der Waals surface area contributed by atoms with Crippen LogP contribution < -0.4 is 10.6 Å². The van der Waals surface area contributed by atoms with Gasteiger partial charge in [-0.2, -0.15) is 5.26 Å². The first-order valence-corrected chi connectivity index (χ1v) is 7.61. The lowest BCUT2D eigenvalue weighted by Crippen LogP contribution is -2.30. The number of carbonyl (C=O) groups excluding carboxylic acids is 1. The highest BCUT2D eigenvalue weighted by atomic mass is 16.1. The van der Waals surface area contributed by atoms with Crippen LogP contribution in [0.25, 0.3) is 0 Å². The fraction of sp³-hybridized carbons (Fsp3) is 0.100. The summed E-state index contributed by atoms with van der Waals surface area (Å²) in [6.07, 6.45) is 3.06. The van der Waals surface area contributed by atoms with Crippen molar-refractivity contribution in [1.29, 1.82) is 5.26 Å². The molecular formula is C20H19N3O. The number of nitrogens with one attached hydrogen (secondary N) is 2. The molecule has 0 spiro atoms. The molecule has 0 aliphatic rings. The van der Waals surface area contributed by atoms with Crippen LogP contribution in [0.1, 0.15) is 17.2 Å². The van der Waals surface area contributed by atoms with Crippen LogP contribution in [0.5, 0.6) is 0 Å². The minimum atomic E-state index is -0.424. The fourth-order valence-electron chi connectivity index (χ4n) is 2.25. The Hall–Kier alpha value is -3.32. The van der Waals surface area contributed by atoms with E-state index in [0.29, 0.717) is 6.54 Å².